The lowest BCUT2D eigenvalue weighted by Gasteiger charge is -2.34. The number of ether oxygens (including phenoxy) is 8. The van der Waals surface area contributed by atoms with Crippen molar-refractivity contribution in [3.63, 3.8) is 0 Å². The topological polar surface area (TPSA) is 183 Å². The van der Waals surface area contributed by atoms with E-state index in [4.69, 9.17) is 37.9 Å². The zero-order valence-corrected chi connectivity index (χ0v) is 67.8. The molecule has 16 heteroatoms. The summed E-state index contributed by atoms with van der Waals surface area (Å²) in [5, 5.41) is 0. The predicted molar refractivity (Wildman–Crippen MR) is 436 cm³/mol. The highest BCUT2D eigenvalue weighted by Crippen LogP contribution is 2.17. The Morgan fingerprint density at radius 3 is 0.670 bits per heavy atom. The van der Waals surface area contributed by atoms with Crippen molar-refractivity contribution < 1.29 is 66.7 Å². The lowest BCUT2D eigenvalue weighted by molar-refractivity contribution is -0.152. The lowest BCUT2D eigenvalue weighted by Crippen LogP contribution is -2.48. The van der Waals surface area contributed by atoms with E-state index in [1.165, 1.54) is 77.0 Å². The van der Waals surface area contributed by atoms with Crippen LogP contribution < -0.4 is 0 Å². The van der Waals surface area contributed by atoms with Crippen LogP contribution in [0.2, 0.25) is 0 Å². The van der Waals surface area contributed by atoms with Crippen LogP contribution in [0.15, 0.2) is 97.2 Å². The van der Waals surface area contributed by atoms with Crippen molar-refractivity contribution in [2.45, 2.75) is 336 Å². The van der Waals surface area contributed by atoms with E-state index < -0.39 is 24.1 Å². The highest BCUT2D eigenvalue weighted by atomic mass is 16.7. The molecule has 0 unspecified atom stereocenters. The molecule has 1 fully saturated rings. The molecule has 106 heavy (non-hydrogen) atoms. The Bertz CT molecular complexity index is 2040. The first-order valence-electron chi connectivity index (χ1n) is 43.0. The number of rotatable bonds is 74. The van der Waals surface area contributed by atoms with Crippen LogP contribution in [0.25, 0.3) is 0 Å². The normalized spacial score (nSPS) is 13.3. The molecule has 0 atom stereocenters. The maximum Gasteiger partial charge on any atom is 0.508 e. The minimum absolute atomic E-state index is 0.0487. The summed E-state index contributed by atoms with van der Waals surface area (Å²) in [5.41, 5.74) is 0. The van der Waals surface area contributed by atoms with Crippen molar-refractivity contribution >= 4 is 36.2 Å². The van der Waals surface area contributed by atoms with Gasteiger partial charge in [0.25, 0.3) is 0 Å². The van der Waals surface area contributed by atoms with Gasteiger partial charge < -0.3 is 37.9 Å². The first-order chi connectivity index (χ1) is 52.1. The van der Waals surface area contributed by atoms with Gasteiger partial charge in [0, 0.05) is 65.0 Å². The Kier molecular flexibility index (Phi) is 73.1. The predicted octanol–water partition coefficient (Wildman–Crippen LogP) is 23.6. The summed E-state index contributed by atoms with van der Waals surface area (Å²) in [6.45, 7) is 12.5. The maximum atomic E-state index is 12.9. The van der Waals surface area contributed by atoms with E-state index in [2.05, 4.69) is 135 Å². The van der Waals surface area contributed by atoms with Gasteiger partial charge in [-0.15, -0.1) is 0 Å². The average molecular weight is 1490 g/mol. The van der Waals surface area contributed by atoms with Gasteiger partial charge >= 0.3 is 36.2 Å². The zero-order valence-electron chi connectivity index (χ0n) is 67.8. The van der Waals surface area contributed by atoms with E-state index in [1.807, 2.05) is 0 Å². The molecule has 1 saturated heterocycles. The van der Waals surface area contributed by atoms with Crippen LogP contribution in [0.1, 0.15) is 336 Å². The second-order valence-electron chi connectivity index (χ2n) is 28.9. The van der Waals surface area contributed by atoms with Crippen LogP contribution in [0.5, 0.6) is 0 Å². The van der Waals surface area contributed by atoms with Crippen molar-refractivity contribution in [1.29, 1.82) is 0 Å². The van der Waals surface area contributed by atoms with Crippen LogP contribution in [0.3, 0.4) is 0 Å². The zero-order chi connectivity index (χ0) is 76.6. The van der Waals surface area contributed by atoms with Gasteiger partial charge in [-0.2, -0.15) is 0 Å². The monoisotopic (exact) mass is 1490 g/mol. The number of esters is 4. The summed E-state index contributed by atoms with van der Waals surface area (Å²) in [6.07, 6.45) is 83.6. The second-order valence-corrected chi connectivity index (χ2v) is 28.9. The van der Waals surface area contributed by atoms with Crippen molar-refractivity contribution in [2.75, 3.05) is 92.1 Å². The van der Waals surface area contributed by atoms with Crippen molar-refractivity contribution in [1.82, 2.24) is 9.80 Å². The Morgan fingerprint density at radius 2 is 0.443 bits per heavy atom. The Balaban J connectivity index is 2.59. The van der Waals surface area contributed by atoms with E-state index in [1.54, 1.807) is 0 Å². The number of hydrogen-bond acceptors (Lipinski definition) is 16. The molecule has 608 valence electrons. The highest BCUT2D eigenvalue weighted by Gasteiger charge is 2.22. The van der Waals surface area contributed by atoms with Gasteiger partial charge in [0.05, 0.1) is 11.8 Å². The lowest BCUT2D eigenvalue weighted by atomic mass is 10.1. The molecule has 0 amide bonds. The maximum absolute atomic E-state index is 12.9. The van der Waals surface area contributed by atoms with Gasteiger partial charge in [0.1, 0.15) is 52.9 Å². The van der Waals surface area contributed by atoms with Crippen molar-refractivity contribution in [3.8, 4) is 0 Å². The van der Waals surface area contributed by atoms with Crippen LogP contribution in [-0.2, 0) is 57.1 Å². The van der Waals surface area contributed by atoms with E-state index in [0.29, 0.717) is 65.0 Å². The van der Waals surface area contributed by atoms with E-state index >= 15 is 0 Å². The number of carbonyl (C=O) groups is 6. The van der Waals surface area contributed by atoms with Crippen LogP contribution in [0.4, 0.5) is 9.59 Å². The molecule has 1 rings (SSSR count). The minimum atomic E-state index is -0.848. The number of unbranched alkanes of at least 4 members (excludes halogenated alkanes) is 32. The van der Waals surface area contributed by atoms with Crippen LogP contribution in [-0.4, -0.2) is 138 Å². The largest absolute Gasteiger partial charge is 0.508 e. The average Bonchev–Trinajstić information content (AvgIpc) is 0.917. The third-order valence-corrected chi connectivity index (χ3v) is 18.8. The second kappa shape index (κ2) is 78.8. The molecule has 16 nitrogen and oxygen atoms in total. The Labute approximate surface area is 646 Å². The number of allylic oxidation sites excluding steroid dienone is 16. The number of hydrogen-bond donors (Lipinski definition) is 0. The number of carbonyl (C=O) groups excluding carboxylic acids is 6. The molecule has 0 radical (unpaired) electrons. The standard InChI is InChI=1S/C90H154N2O14/c1-5-9-13-17-21-25-29-33-37-41-45-49-53-57-61-65-85(93)101-77-83(78-102-86(94)66-62-58-54-50-46-42-38-34-30-26-22-18-14-10-6-2)81-105-89(97)99-75-73-91-69-71-92(72-70-91)74-76-100-90(98)106-82-84(79-103-87(95)67-63-59-55-51-47-43-39-35-31-27-23-19-15-11-7-3)80-104-88(96)68-64-60-56-52-48-44-40-36-32-28-24-20-16-12-8-4/h21-28,33-40,83-84H,5-20,29-32,41-82H2,1-4H3/b25-21-,26-22-,27-23-,28-24-,37-33-,38-34-,39-35-,40-36-. The molecule has 0 bridgehead atoms. The molecular weight excluding hydrogens is 1330 g/mol. The van der Waals surface area contributed by atoms with Gasteiger partial charge in [-0.3, -0.25) is 29.0 Å². The smallest absolute Gasteiger partial charge is 0.465 e. The summed E-state index contributed by atoms with van der Waals surface area (Å²) in [5.74, 6) is -2.40. The molecule has 1 aliphatic rings. The third-order valence-electron chi connectivity index (χ3n) is 18.8. The number of piperazine rings is 1. The minimum Gasteiger partial charge on any atom is -0.465 e. The quantitative estimate of drug-likeness (QED) is 0.0242. The molecule has 0 spiro atoms. The fourth-order valence-corrected chi connectivity index (χ4v) is 12.0. The fraction of sp³-hybridized carbons (Fsp3) is 0.756. The van der Waals surface area contributed by atoms with Gasteiger partial charge in [0.2, 0.25) is 0 Å². The Morgan fingerprint density at radius 1 is 0.245 bits per heavy atom. The fourth-order valence-electron chi connectivity index (χ4n) is 12.0. The van der Waals surface area contributed by atoms with Crippen LogP contribution >= 0.6 is 0 Å². The third kappa shape index (κ3) is 71.2. The Hall–Kier alpha value is -5.74. The SMILES string of the molecule is CCCCC/C=C\C/C=C\CCCCCCCC(=O)OCC(COC(=O)CCCCCCC/C=C\C/C=C\CCCCC)COC(=O)OCCN1CCN(CCOC(=O)OCC(COC(=O)CCCCCCC/C=C\C/C=C\CCCCC)COC(=O)CCCCCCC/C=C\C/C=C\CCCCC)CC1. The van der Waals surface area contributed by atoms with Crippen LogP contribution in [0, 0.1) is 11.8 Å². The molecule has 0 saturated carbocycles. The molecule has 0 aromatic heterocycles. The summed E-state index contributed by atoms with van der Waals surface area (Å²) < 4.78 is 44.5. The van der Waals surface area contributed by atoms with Gasteiger partial charge in [0.15, 0.2) is 0 Å². The molecule has 0 aliphatic carbocycles. The van der Waals surface area contributed by atoms with Gasteiger partial charge in [-0.1, -0.05) is 253 Å². The number of nitrogens with zero attached hydrogens (tertiary/aromatic N) is 2. The molecule has 0 aromatic rings. The highest BCUT2D eigenvalue weighted by molar-refractivity contribution is 5.70. The first kappa shape index (κ1) is 98.3. The molecular formula is C90H154N2O14. The van der Waals surface area contributed by atoms with Crippen molar-refractivity contribution in [3.05, 3.63) is 97.2 Å². The summed E-state index contributed by atoms with van der Waals surface area (Å²) >= 11 is 0. The van der Waals surface area contributed by atoms with Gasteiger partial charge in [-0.05, 0) is 154 Å². The molecule has 0 aromatic carbocycles. The van der Waals surface area contributed by atoms with Gasteiger partial charge in [-0.25, -0.2) is 9.59 Å². The van der Waals surface area contributed by atoms with Crippen molar-refractivity contribution in [2.24, 2.45) is 11.8 Å². The summed E-state index contributed by atoms with van der Waals surface area (Å²) in [6, 6.07) is 0. The summed E-state index contributed by atoms with van der Waals surface area (Å²) in [7, 11) is 0. The van der Waals surface area contributed by atoms with E-state index in [9.17, 15) is 28.8 Å². The molecule has 1 heterocycles. The van der Waals surface area contributed by atoms with E-state index in [0.717, 1.165) is 205 Å². The summed E-state index contributed by atoms with van der Waals surface area (Å²) in [4.78, 5) is 81.5. The molecule has 1 aliphatic heterocycles. The molecule has 0 N–H and O–H groups in total. The first-order valence-corrected chi connectivity index (χ1v) is 43.0. The van der Waals surface area contributed by atoms with E-state index in [-0.39, 0.29) is 76.7 Å².